The standard InChI is InChI=1S/C25H30N2/c1-4-6-9-20-13-15-22(16-14-20)25-19(3)17-24(27(25)26)23-12-8-11-21(18-23)10-7-5-2/h8,11-18H,4-7,9-10H2,1-3H3. The molecule has 2 aromatic carbocycles. The highest BCUT2D eigenvalue weighted by atomic mass is 15.2. The lowest BCUT2D eigenvalue weighted by Gasteiger charge is -2.10. The third-order valence-electron chi connectivity index (χ3n) is 5.25. The van der Waals surface area contributed by atoms with Gasteiger partial charge in [-0.25, -0.2) is 4.70 Å². The highest BCUT2D eigenvalue weighted by molar-refractivity contribution is 5.78. The Morgan fingerprint density at radius 3 is 2.15 bits per heavy atom. The fraction of sp³-hybridized carbons (Fsp3) is 0.360. The largest absolute Gasteiger partial charge is 0.493 e. The number of hydrogen-bond donors (Lipinski definition) is 0. The minimum atomic E-state index is 0.857. The van der Waals surface area contributed by atoms with Crippen LogP contribution in [0.4, 0.5) is 0 Å². The van der Waals surface area contributed by atoms with Crippen molar-refractivity contribution in [1.82, 2.24) is 0 Å². The first-order chi connectivity index (χ1) is 13.1. The molecule has 0 atom stereocenters. The second-order valence-electron chi connectivity index (χ2n) is 7.48. The van der Waals surface area contributed by atoms with Crippen LogP contribution in [0.1, 0.15) is 68.7 Å². The molecular formula is C25H30N2. The van der Waals surface area contributed by atoms with Gasteiger partial charge in [0.1, 0.15) is 0 Å². The first-order valence-corrected chi connectivity index (χ1v) is 10.2. The van der Waals surface area contributed by atoms with E-state index in [0.717, 1.165) is 40.9 Å². The number of aryl methyl sites for hydroxylation is 2. The first kappa shape index (κ1) is 19.3. The van der Waals surface area contributed by atoms with Gasteiger partial charge in [0.25, 0.3) is 0 Å². The van der Waals surface area contributed by atoms with E-state index in [2.05, 4.69) is 75.4 Å². The summed E-state index contributed by atoms with van der Waals surface area (Å²) in [5.74, 6) is 0. The minimum absolute atomic E-state index is 0.857. The van der Waals surface area contributed by atoms with E-state index in [4.69, 9.17) is 0 Å². The number of rotatable bonds is 8. The van der Waals surface area contributed by atoms with E-state index in [1.807, 2.05) is 0 Å². The molecule has 3 rings (SSSR count). The minimum Gasteiger partial charge on any atom is -0.493 e. The molecule has 0 radical (unpaired) electrons. The molecular weight excluding hydrogens is 328 g/mol. The number of hydrogen-bond acceptors (Lipinski definition) is 0. The second kappa shape index (κ2) is 8.94. The summed E-state index contributed by atoms with van der Waals surface area (Å²) < 4.78 is 1.36. The smallest absolute Gasteiger partial charge is 0.210 e. The Hall–Kier alpha value is -2.48. The molecule has 0 saturated carbocycles. The zero-order valence-corrected chi connectivity index (χ0v) is 16.8. The van der Waals surface area contributed by atoms with Crippen molar-refractivity contribution < 1.29 is 4.70 Å². The maximum Gasteiger partial charge on any atom is 0.210 e. The summed E-state index contributed by atoms with van der Waals surface area (Å²) in [6, 6.07) is 17.2. The molecule has 0 bridgehead atoms. The normalized spacial score (nSPS) is 14.0. The Morgan fingerprint density at radius 2 is 1.48 bits per heavy atom. The molecule has 2 heteroatoms. The van der Waals surface area contributed by atoms with E-state index in [1.54, 1.807) is 0 Å². The van der Waals surface area contributed by atoms with Gasteiger partial charge in [0.15, 0.2) is 0 Å². The summed E-state index contributed by atoms with van der Waals surface area (Å²) in [4.78, 5) is 0. The van der Waals surface area contributed by atoms with E-state index in [1.165, 1.54) is 41.5 Å². The van der Waals surface area contributed by atoms with Crippen LogP contribution in [-0.4, -0.2) is 4.70 Å². The molecule has 0 fully saturated rings. The molecule has 0 spiro atoms. The zero-order chi connectivity index (χ0) is 19.2. The van der Waals surface area contributed by atoms with Crippen LogP contribution in [0.5, 0.6) is 0 Å². The molecule has 2 aromatic rings. The van der Waals surface area contributed by atoms with Crippen LogP contribution in [0.15, 0.2) is 60.2 Å². The Morgan fingerprint density at radius 1 is 0.815 bits per heavy atom. The summed E-state index contributed by atoms with van der Waals surface area (Å²) in [5, 5.41) is 0. The van der Waals surface area contributed by atoms with Gasteiger partial charge in [0, 0.05) is 22.8 Å². The molecule has 1 aliphatic heterocycles. The fourth-order valence-electron chi connectivity index (χ4n) is 3.65. The van der Waals surface area contributed by atoms with Crippen LogP contribution in [0.25, 0.3) is 16.9 Å². The van der Waals surface area contributed by atoms with Gasteiger partial charge in [-0.15, -0.1) is 0 Å². The van der Waals surface area contributed by atoms with Gasteiger partial charge in [-0.1, -0.05) is 51.0 Å². The Labute approximate surface area is 163 Å². The van der Waals surface area contributed by atoms with Crippen molar-refractivity contribution in [2.75, 3.05) is 0 Å². The Balaban J connectivity index is 1.80. The Kier molecular flexibility index (Phi) is 6.39. The number of nitrogens with zero attached hydrogens (tertiary/aromatic N) is 2. The van der Waals surface area contributed by atoms with Crippen LogP contribution < -0.4 is 0 Å². The van der Waals surface area contributed by atoms with Crippen LogP contribution >= 0.6 is 0 Å². The van der Waals surface area contributed by atoms with Gasteiger partial charge >= 0.3 is 0 Å². The van der Waals surface area contributed by atoms with E-state index in [9.17, 15) is 5.53 Å². The molecule has 1 heterocycles. The highest BCUT2D eigenvalue weighted by Gasteiger charge is 2.26. The lowest BCUT2D eigenvalue weighted by Crippen LogP contribution is -2.02. The van der Waals surface area contributed by atoms with E-state index in [0.29, 0.717) is 0 Å². The molecule has 0 amide bonds. The summed E-state index contributed by atoms with van der Waals surface area (Å²) in [5.41, 5.74) is 18.6. The third kappa shape index (κ3) is 4.44. The fourth-order valence-corrected chi connectivity index (χ4v) is 3.65. The topological polar surface area (TPSA) is 25.3 Å². The zero-order valence-electron chi connectivity index (χ0n) is 16.8. The molecule has 27 heavy (non-hydrogen) atoms. The van der Waals surface area contributed by atoms with Crippen molar-refractivity contribution in [3.8, 4) is 0 Å². The van der Waals surface area contributed by atoms with Gasteiger partial charge in [-0.2, -0.15) is 0 Å². The van der Waals surface area contributed by atoms with E-state index in [-0.39, 0.29) is 0 Å². The van der Waals surface area contributed by atoms with Gasteiger partial charge in [-0.05, 0) is 68.0 Å². The van der Waals surface area contributed by atoms with Crippen molar-refractivity contribution in [2.45, 2.75) is 59.3 Å². The number of allylic oxidation sites excluding steroid dienone is 2. The van der Waals surface area contributed by atoms with E-state index >= 15 is 0 Å². The average Bonchev–Trinajstić information content (AvgIpc) is 2.99. The summed E-state index contributed by atoms with van der Waals surface area (Å²) >= 11 is 0. The van der Waals surface area contributed by atoms with Crippen molar-refractivity contribution in [3.63, 3.8) is 0 Å². The van der Waals surface area contributed by atoms with Crippen LogP contribution in [-0.2, 0) is 12.8 Å². The SMILES string of the molecule is CCCCc1ccc(C2=C(C)C=C(c3cccc(CCCC)c3)[N+]2=[N-])cc1. The molecule has 140 valence electrons. The Bertz CT molecular complexity index is 869. The molecule has 0 aliphatic carbocycles. The molecule has 0 N–H and O–H groups in total. The third-order valence-corrected chi connectivity index (χ3v) is 5.25. The second-order valence-corrected chi connectivity index (χ2v) is 7.48. The maximum atomic E-state index is 10.9. The van der Waals surface area contributed by atoms with Crippen LogP contribution in [0, 0.1) is 0 Å². The monoisotopic (exact) mass is 358 g/mol. The quantitative estimate of drug-likeness (QED) is 0.446. The predicted octanol–water partition coefficient (Wildman–Crippen LogP) is 7.19. The maximum absolute atomic E-state index is 10.9. The highest BCUT2D eigenvalue weighted by Crippen LogP contribution is 2.35. The average molecular weight is 359 g/mol. The molecule has 0 saturated heterocycles. The van der Waals surface area contributed by atoms with Crippen molar-refractivity contribution >= 4 is 11.4 Å². The van der Waals surface area contributed by atoms with Crippen LogP contribution in [0.2, 0.25) is 0 Å². The van der Waals surface area contributed by atoms with Gasteiger partial charge in [0.2, 0.25) is 11.4 Å². The molecule has 2 nitrogen and oxygen atoms in total. The molecule has 0 aromatic heterocycles. The van der Waals surface area contributed by atoms with E-state index < -0.39 is 0 Å². The summed E-state index contributed by atoms with van der Waals surface area (Å²) in [7, 11) is 0. The van der Waals surface area contributed by atoms with Gasteiger partial charge < -0.3 is 5.53 Å². The van der Waals surface area contributed by atoms with Crippen LogP contribution in [0.3, 0.4) is 0 Å². The number of benzene rings is 2. The summed E-state index contributed by atoms with van der Waals surface area (Å²) in [6.45, 7) is 6.50. The first-order valence-electron chi connectivity index (χ1n) is 10.2. The molecule has 1 aliphatic rings. The van der Waals surface area contributed by atoms with Crippen molar-refractivity contribution in [2.24, 2.45) is 0 Å². The van der Waals surface area contributed by atoms with Gasteiger partial charge in [0.05, 0.1) is 0 Å². The van der Waals surface area contributed by atoms with Crippen molar-refractivity contribution in [3.05, 3.63) is 88.0 Å². The molecule has 0 unspecified atom stereocenters. The van der Waals surface area contributed by atoms with Crippen molar-refractivity contribution in [1.29, 1.82) is 0 Å². The van der Waals surface area contributed by atoms with Gasteiger partial charge in [-0.3, -0.25) is 0 Å². The lowest BCUT2D eigenvalue weighted by atomic mass is 10.0. The number of unbranched alkanes of at least 4 members (excludes halogenated alkanes) is 2. The predicted molar refractivity (Wildman–Crippen MR) is 114 cm³/mol. The lowest BCUT2D eigenvalue weighted by molar-refractivity contribution is -0.344. The summed E-state index contributed by atoms with van der Waals surface area (Å²) in [6.07, 6.45) is 9.09.